The molecule has 0 fully saturated rings. The van der Waals surface area contributed by atoms with Gasteiger partial charge >= 0.3 is 5.97 Å². The van der Waals surface area contributed by atoms with E-state index in [1.54, 1.807) is 23.5 Å². The molecule has 0 spiro atoms. The highest BCUT2D eigenvalue weighted by molar-refractivity contribution is 8.01. The minimum absolute atomic E-state index is 0.317. The number of thioether (sulfide) groups is 1. The summed E-state index contributed by atoms with van der Waals surface area (Å²) in [5, 5.41) is 9.31. The van der Waals surface area contributed by atoms with Crippen LogP contribution in [-0.2, 0) is 9.54 Å². The summed E-state index contributed by atoms with van der Waals surface area (Å²) in [5.41, 5.74) is 9.38. The number of hydrogen-bond acceptors (Lipinski definition) is 4. The first-order valence-corrected chi connectivity index (χ1v) is 10.5. The Morgan fingerprint density at radius 2 is 1.44 bits per heavy atom. The van der Waals surface area contributed by atoms with Crippen molar-refractivity contribution in [2.75, 3.05) is 5.75 Å². The van der Waals surface area contributed by atoms with Crippen LogP contribution in [0.4, 0.5) is 0 Å². The van der Waals surface area contributed by atoms with Crippen molar-refractivity contribution < 1.29 is 9.90 Å². The molecular weight excluding hydrogens is 374 g/mol. The summed E-state index contributed by atoms with van der Waals surface area (Å²) in [4.78, 5) is 13.7. The number of nitrogens with two attached hydrogens (primary N) is 1. The predicted molar refractivity (Wildman–Crippen MR) is 111 cm³/mol. The van der Waals surface area contributed by atoms with E-state index in [0.29, 0.717) is 5.75 Å². The first-order valence-electron chi connectivity index (χ1n) is 8.67. The van der Waals surface area contributed by atoms with Gasteiger partial charge in [-0.1, -0.05) is 78.5 Å². The lowest BCUT2D eigenvalue weighted by Gasteiger charge is -2.41. The summed E-state index contributed by atoms with van der Waals surface area (Å²) in [6.45, 7) is 0. The molecule has 3 N–H and O–H groups in total. The third-order valence-electron chi connectivity index (χ3n) is 4.73. The molecule has 0 bridgehead atoms. The van der Waals surface area contributed by atoms with Crippen molar-refractivity contribution in [2.45, 2.75) is 20.6 Å². The fourth-order valence-corrected chi connectivity index (χ4v) is 6.33. The van der Waals surface area contributed by atoms with Crippen LogP contribution in [0.5, 0.6) is 0 Å². The van der Waals surface area contributed by atoms with Crippen molar-refractivity contribution in [2.24, 2.45) is 5.73 Å². The summed E-state index contributed by atoms with van der Waals surface area (Å²) >= 11 is 3.36. The monoisotopic (exact) mass is 393 g/mol. The fourth-order valence-electron chi connectivity index (χ4n) is 3.47. The average molecular weight is 394 g/mol. The Kier molecular flexibility index (Phi) is 5.00. The van der Waals surface area contributed by atoms with Gasteiger partial charge in [-0.2, -0.15) is 0 Å². The quantitative estimate of drug-likeness (QED) is 0.664. The topological polar surface area (TPSA) is 63.3 Å². The summed E-state index contributed by atoms with van der Waals surface area (Å²) in [6, 6.07) is 26.1. The van der Waals surface area contributed by atoms with Gasteiger partial charge in [-0.05, 0) is 28.8 Å². The van der Waals surface area contributed by atoms with Gasteiger partial charge < -0.3 is 10.8 Å². The lowest BCUT2D eigenvalue weighted by atomic mass is 9.83. The van der Waals surface area contributed by atoms with Crippen LogP contribution >= 0.6 is 23.5 Å². The molecule has 3 aromatic carbocycles. The maximum atomic E-state index is 11.4. The van der Waals surface area contributed by atoms with E-state index < -0.39 is 16.8 Å². The fraction of sp³-hybridized carbons (Fsp3) is 0.136. The zero-order chi connectivity index (χ0) is 18.9. The Balaban J connectivity index is 1.96. The Morgan fingerprint density at radius 3 is 2.00 bits per heavy atom. The molecule has 0 aromatic heterocycles. The standard InChI is InChI=1S/C22H19NO2S2/c23-18(21(24)25)14-26-22(15-8-2-1-3-9-15)16-10-4-6-12-19(16)27-20-13-7-5-11-17(20)22/h1-13,18H,14,23H2,(H,24,25)/t18-/m0/s1. The van der Waals surface area contributed by atoms with Crippen molar-refractivity contribution in [3.05, 3.63) is 95.6 Å². The molecule has 136 valence electrons. The molecular formula is C22H19NO2S2. The minimum Gasteiger partial charge on any atom is -0.480 e. The molecule has 3 aromatic rings. The van der Waals surface area contributed by atoms with Gasteiger partial charge in [0.25, 0.3) is 0 Å². The van der Waals surface area contributed by atoms with Crippen molar-refractivity contribution >= 4 is 29.5 Å². The molecule has 5 heteroatoms. The van der Waals surface area contributed by atoms with Gasteiger partial charge in [0.2, 0.25) is 0 Å². The molecule has 0 unspecified atom stereocenters. The van der Waals surface area contributed by atoms with E-state index in [4.69, 9.17) is 5.73 Å². The smallest absolute Gasteiger partial charge is 0.321 e. The van der Waals surface area contributed by atoms with Crippen molar-refractivity contribution in [3.8, 4) is 0 Å². The highest BCUT2D eigenvalue weighted by Gasteiger charge is 2.43. The molecule has 0 amide bonds. The van der Waals surface area contributed by atoms with Gasteiger partial charge in [-0.3, -0.25) is 4.79 Å². The van der Waals surface area contributed by atoms with E-state index in [1.807, 2.05) is 42.5 Å². The summed E-state index contributed by atoms with van der Waals surface area (Å²) < 4.78 is -0.493. The zero-order valence-corrected chi connectivity index (χ0v) is 16.2. The molecule has 1 atom stereocenters. The number of aliphatic carboxylic acids is 1. The molecule has 0 radical (unpaired) electrons. The Morgan fingerprint density at radius 1 is 0.926 bits per heavy atom. The van der Waals surface area contributed by atoms with Crippen molar-refractivity contribution in [1.82, 2.24) is 0 Å². The number of benzene rings is 3. The van der Waals surface area contributed by atoms with Crippen LogP contribution in [0.3, 0.4) is 0 Å². The van der Waals surface area contributed by atoms with E-state index in [2.05, 4.69) is 36.4 Å². The van der Waals surface area contributed by atoms with Crippen LogP contribution < -0.4 is 5.73 Å². The molecule has 0 aliphatic carbocycles. The minimum atomic E-state index is -0.975. The second-order valence-electron chi connectivity index (χ2n) is 6.40. The van der Waals surface area contributed by atoms with Crippen LogP contribution in [-0.4, -0.2) is 22.9 Å². The number of fused-ring (bicyclic) bond motifs is 2. The largest absolute Gasteiger partial charge is 0.480 e. The van der Waals surface area contributed by atoms with E-state index >= 15 is 0 Å². The van der Waals surface area contributed by atoms with Gasteiger partial charge in [0.05, 0.1) is 4.75 Å². The summed E-state index contributed by atoms with van der Waals surface area (Å²) in [7, 11) is 0. The zero-order valence-electron chi connectivity index (χ0n) is 14.5. The van der Waals surface area contributed by atoms with E-state index in [1.165, 1.54) is 20.9 Å². The highest BCUT2D eigenvalue weighted by atomic mass is 32.2. The predicted octanol–water partition coefficient (Wildman–Crippen LogP) is 4.59. The average Bonchev–Trinajstić information content (AvgIpc) is 2.71. The maximum absolute atomic E-state index is 11.4. The second-order valence-corrected chi connectivity index (χ2v) is 8.72. The summed E-state index contributed by atoms with van der Waals surface area (Å²) in [6.07, 6.45) is 0. The number of carboxylic acids is 1. The van der Waals surface area contributed by atoms with E-state index in [9.17, 15) is 9.90 Å². The SMILES string of the molecule is N[C@@H](CSC1(c2ccccc2)c2ccccc2Sc2ccccc21)C(=O)O. The maximum Gasteiger partial charge on any atom is 0.321 e. The van der Waals surface area contributed by atoms with E-state index in [0.717, 1.165) is 5.56 Å². The number of carboxylic acid groups (broad SMARTS) is 1. The van der Waals surface area contributed by atoms with Crippen LogP contribution in [0.2, 0.25) is 0 Å². The molecule has 3 nitrogen and oxygen atoms in total. The first kappa shape index (κ1) is 18.2. The third-order valence-corrected chi connectivity index (χ3v) is 7.52. The van der Waals surface area contributed by atoms with E-state index in [-0.39, 0.29) is 0 Å². The highest BCUT2D eigenvalue weighted by Crippen LogP contribution is 2.57. The molecule has 1 heterocycles. The second kappa shape index (κ2) is 7.43. The Labute approximate surface area is 167 Å². The molecule has 27 heavy (non-hydrogen) atoms. The number of rotatable bonds is 5. The van der Waals surface area contributed by atoms with Crippen LogP contribution in [0.1, 0.15) is 16.7 Å². The summed E-state index contributed by atoms with van der Waals surface area (Å²) in [5.74, 6) is -0.658. The molecule has 0 saturated heterocycles. The van der Waals surface area contributed by atoms with Gasteiger partial charge in [0.15, 0.2) is 0 Å². The van der Waals surface area contributed by atoms with Crippen LogP contribution in [0, 0.1) is 0 Å². The Hall–Kier alpha value is -2.21. The molecule has 4 rings (SSSR count). The first-order chi connectivity index (χ1) is 13.1. The van der Waals surface area contributed by atoms with Gasteiger partial charge in [-0.25, -0.2) is 0 Å². The lowest BCUT2D eigenvalue weighted by molar-refractivity contribution is -0.137. The van der Waals surface area contributed by atoms with Crippen LogP contribution in [0.25, 0.3) is 0 Å². The molecule has 1 aliphatic heterocycles. The molecule has 0 saturated carbocycles. The third kappa shape index (κ3) is 3.16. The van der Waals surface area contributed by atoms with Gasteiger partial charge in [-0.15, -0.1) is 11.8 Å². The van der Waals surface area contributed by atoms with Gasteiger partial charge in [0.1, 0.15) is 6.04 Å². The van der Waals surface area contributed by atoms with Gasteiger partial charge in [0, 0.05) is 15.5 Å². The lowest BCUT2D eigenvalue weighted by Crippen LogP contribution is -2.37. The van der Waals surface area contributed by atoms with Crippen molar-refractivity contribution in [1.29, 1.82) is 0 Å². The number of hydrogen-bond donors (Lipinski definition) is 2. The Bertz CT molecular complexity index is 929. The van der Waals surface area contributed by atoms with Crippen molar-refractivity contribution in [3.63, 3.8) is 0 Å². The van der Waals surface area contributed by atoms with Crippen LogP contribution in [0.15, 0.2) is 88.7 Å². The molecule has 1 aliphatic rings. The normalized spacial score (nSPS) is 15.4. The number of carbonyl (C=O) groups is 1.